The standard InChI is InChI=1S/C29H25ClN2O5/c1-3-35-26-14-12-20(17-27(26)36-4-2)29(34)37-25-15-13-22(30)16-21(25)18-31-32-28(33)24-11-7-9-19-8-5-6-10-23(19)24/h5-18H,3-4H2,1-2H3,(H,32,33)/b31-18+. The Kier molecular flexibility index (Phi) is 8.38. The first kappa shape index (κ1) is 25.7. The average Bonchev–Trinajstić information content (AvgIpc) is 2.91. The van der Waals surface area contributed by atoms with Crippen molar-refractivity contribution in [2.24, 2.45) is 5.10 Å². The SMILES string of the molecule is CCOc1ccc(C(=O)Oc2ccc(Cl)cc2/C=N/NC(=O)c2cccc3ccccc23)cc1OCC. The van der Waals surface area contributed by atoms with Crippen molar-refractivity contribution in [3.05, 3.63) is 101 Å². The van der Waals surface area contributed by atoms with Crippen molar-refractivity contribution in [2.45, 2.75) is 13.8 Å². The topological polar surface area (TPSA) is 86.2 Å². The van der Waals surface area contributed by atoms with E-state index >= 15 is 0 Å². The average molecular weight is 517 g/mol. The summed E-state index contributed by atoms with van der Waals surface area (Å²) in [4.78, 5) is 25.7. The lowest BCUT2D eigenvalue weighted by Crippen LogP contribution is -2.18. The van der Waals surface area contributed by atoms with Gasteiger partial charge in [0.25, 0.3) is 5.91 Å². The molecule has 1 amide bonds. The molecule has 0 unspecified atom stereocenters. The minimum Gasteiger partial charge on any atom is -0.490 e. The first-order valence-electron chi connectivity index (χ1n) is 11.7. The van der Waals surface area contributed by atoms with Gasteiger partial charge in [-0.2, -0.15) is 5.10 Å². The Morgan fingerprint density at radius 1 is 0.865 bits per heavy atom. The molecule has 0 aliphatic carbocycles. The van der Waals surface area contributed by atoms with E-state index in [1.807, 2.05) is 50.2 Å². The summed E-state index contributed by atoms with van der Waals surface area (Å²) >= 11 is 6.16. The van der Waals surface area contributed by atoms with Crippen LogP contribution in [0.2, 0.25) is 5.02 Å². The van der Waals surface area contributed by atoms with Crippen molar-refractivity contribution in [1.82, 2.24) is 5.43 Å². The largest absolute Gasteiger partial charge is 0.490 e. The van der Waals surface area contributed by atoms with Gasteiger partial charge in [0.15, 0.2) is 11.5 Å². The number of fused-ring (bicyclic) bond motifs is 1. The molecule has 0 bridgehead atoms. The van der Waals surface area contributed by atoms with E-state index in [4.69, 9.17) is 25.8 Å². The molecule has 0 atom stereocenters. The van der Waals surface area contributed by atoms with Crippen LogP contribution in [0.4, 0.5) is 0 Å². The lowest BCUT2D eigenvalue weighted by Gasteiger charge is -2.13. The van der Waals surface area contributed by atoms with Crippen molar-refractivity contribution >= 4 is 40.5 Å². The van der Waals surface area contributed by atoms with Crippen LogP contribution < -0.4 is 19.6 Å². The number of rotatable bonds is 9. The van der Waals surface area contributed by atoms with Gasteiger partial charge in [-0.3, -0.25) is 4.79 Å². The smallest absolute Gasteiger partial charge is 0.343 e. The summed E-state index contributed by atoms with van der Waals surface area (Å²) in [5.74, 6) is 0.256. The van der Waals surface area contributed by atoms with Gasteiger partial charge in [0, 0.05) is 16.1 Å². The molecule has 8 heteroatoms. The second-order valence-corrected chi connectivity index (χ2v) is 8.26. The summed E-state index contributed by atoms with van der Waals surface area (Å²) < 4.78 is 16.8. The Labute approximate surface area is 219 Å². The Bertz CT molecular complexity index is 1460. The van der Waals surface area contributed by atoms with Crippen LogP contribution in [0.25, 0.3) is 10.8 Å². The predicted molar refractivity (Wildman–Crippen MR) is 144 cm³/mol. The zero-order valence-corrected chi connectivity index (χ0v) is 21.1. The maximum atomic E-state index is 12.9. The number of halogens is 1. The van der Waals surface area contributed by atoms with Crippen molar-refractivity contribution in [2.75, 3.05) is 13.2 Å². The summed E-state index contributed by atoms with van der Waals surface area (Å²) in [5, 5.41) is 6.25. The van der Waals surface area contributed by atoms with Gasteiger partial charge in [0.2, 0.25) is 0 Å². The van der Waals surface area contributed by atoms with Gasteiger partial charge in [0.05, 0.1) is 25.0 Å². The summed E-state index contributed by atoms with van der Waals surface area (Å²) in [6.07, 6.45) is 1.38. The van der Waals surface area contributed by atoms with E-state index < -0.39 is 5.97 Å². The number of ether oxygens (including phenoxy) is 3. The number of carbonyl (C=O) groups excluding carboxylic acids is 2. The number of hydrogen-bond donors (Lipinski definition) is 1. The van der Waals surface area contributed by atoms with Crippen LogP contribution in [0.1, 0.15) is 40.1 Å². The molecule has 4 aromatic rings. The van der Waals surface area contributed by atoms with Gasteiger partial charge in [-0.15, -0.1) is 0 Å². The zero-order valence-electron chi connectivity index (χ0n) is 20.4. The van der Waals surface area contributed by atoms with Crippen LogP contribution in [-0.4, -0.2) is 31.3 Å². The Balaban J connectivity index is 1.52. The van der Waals surface area contributed by atoms with Gasteiger partial charge in [-0.25, -0.2) is 10.2 Å². The highest BCUT2D eigenvalue weighted by Gasteiger charge is 2.16. The fourth-order valence-corrected chi connectivity index (χ4v) is 3.87. The fraction of sp³-hybridized carbons (Fsp3) is 0.138. The number of benzene rings is 4. The van der Waals surface area contributed by atoms with Gasteiger partial charge in [0.1, 0.15) is 5.75 Å². The second kappa shape index (κ2) is 12.1. The van der Waals surface area contributed by atoms with Crippen LogP contribution in [0.5, 0.6) is 17.2 Å². The number of carbonyl (C=O) groups is 2. The monoisotopic (exact) mass is 516 g/mol. The molecular formula is C29H25ClN2O5. The highest BCUT2D eigenvalue weighted by Crippen LogP contribution is 2.30. The molecule has 0 saturated carbocycles. The minimum absolute atomic E-state index is 0.226. The van der Waals surface area contributed by atoms with Crippen LogP contribution >= 0.6 is 11.6 Å². The van der Waals surface area contributed by atoms with E-state index in [9.17, 15) is 9.59 Å². The molecule has 7 nitrogen and oxygen atoms in total. The number of hydrazone groups is 1. The first-order valence-corrected chi connectivity index (χ1v) is 12.1. The molecule has 0 aromatic heterocycles. The highest BCUT2D eigenvalue weighted by atomic mass is 35.5. The molecule has 0 saturated heterocycles. The number of nitrogens with zero attached hydrogens (tertiary/aromatic N) is 1. The third-order valence-corrected chi connectivity index (χ3v) is 5.59. The van der Waals surface area contributed by atoms with Gasteiger partial charge in [-0.05, 0) is 67.1 Å². The molecular weight excluding hydrogens is 492 g/mol. The lowest BCUT2D eigenvalue weighted by molar-refractivity contribution is 0.0733. The molecule has 0 aliphatic heterocycles. The third kappa shape index (κ3) is 6.26. The van der Waals surface area contributed by atoms with E-state index in [2.05, 4.69) is 10.5 Å². The van der Waals surface area contributed by atoms with Crippen LogP contribution in [0, 0.1) is 0 Å². The molecule has 0 fully saturated rings. The Morgan fingerprint density at radius 2 is 1.59 bits per heavy atom. The van der Waals surface area contributed by atoms with E-state index in [0.29, 0.717) is 40.9 Å². The predicted octanol–water partition coefficient (Wildman–Crippen LogP) is 6.27. The zero-order chi connectivity index (χ0) is 26.2. The summed E-state index contributed by atoms with van der Waals surface area (Å²) in [6, 6.07) is 22.7. The first-order chi connectivity index (χ1) is 18.0. The van der Waals surface area contributed by atoms with Gasteiger partial charge in [-0.1, -0.05) is 48.0 Å². The molecule has 0 heterocycles. The second-order valence-electron chi connectivity index (χ2n) is 7.83. The van der Waals surface area contributed by atoms with Gasteiger partial charge >= 0.3 is 5.97 Å². The summed E-state index contributed by atoms with van der Waals surface area (Å²) in [7, 11) is 0. The number of amides is 1. The number of nitrogens with one attached hydrogen (secondary N) is 1. The molecule has 1 N–H and O–H groups in total. The number of hydrogen-bond acceptors (Lipinski definition) is 6. The summed E-state index contributed by atoms with van der Waals surface area (Å²) in [6.45, 7) is 4.60. The molecule has 0 radical (unpaired) electrons. The van der Waals surface area contributed by atoms with Crippen molar-refractivity contribution in [3.63, 3.8) is 0 Å². The van der Waals surface area contributed by atoms with E-state index in [-0.39, 0.29) is 17.2 Å². The molecule has 37 heavy (non-hydrogen) atoms. The molecule has 188 valence electrons. The molecule has 0 spiro atoms. The summed E-state index contributed by atoms with van der Waals surface area (Å²) in [5.41, 5.74) is 3.72. The molecule has 4 aromatic carbocycles. The molecule has 4 rings (SSSR count). The van der Waals surface area contributed by atoms with Crippen molar-refractivity contribution in [1.29, 1.82) is 0 Å². The maximum Gasteiger partial charge on any atom is 0.343 e. The highest BCUT2D eigenvalue weighted by molar-refractivity contribution is 6.31. The third-order valence-electron chi connectivity index (χ3n) is 5.36. The number of esters is 1. The quantitative estimate of drug-likeness (QED) is 0.122. The van der Waals surface area contributed by atoms with E-state index in [1.54, 1.807) is 42.5 Å². The maximum absolute atomic E-state index is 12.9. The van der Waals surface area contributed by atoms with Crippen molar-refractivity contribution in [3.8, 4) is 17.2 Å². The Hall–Kier alpha value is -4.36. The minimum atomic E-state index is -0.597. The van der Waals surface area contributed by atoms with E-state index in [0.717, 1.165) is 10.8 Å². The van der Waals surface area contributed by atoms with E-state index in [1.165, 1.54) is 6.21 Å². The lowest BCUT2D eigenvalue weighted by atomic mass is 10.0. The fourth-order valence-electron chi connectivity index (χ4n) is 3.69. The normalized spacial score (nSPS) is 10.9. The Morgan fingerprint density at radius 3 is 2.41 bits per heavy atom. The van der Waals surface area contributed by atoms with Crippen molar-refractivity contribution < 1.29 is 23.8 Å². The van der Waals surface area contributed by atoms with Crippen LogP contribution in [-0.2, 0) is 0 Å². The van der Waals surface area contributed by atoms with Crippen LogP contribution in [0.3, 0.4) is 0 Å². The van der Waals surface area contributed by atoms with Gasteiger partial charge < -0.3 is 14.2 Å². The molecule has 0 aliphatic rings. The van der Waals surface area contributed by atoms with Crippen LogP contribution in [0.15, 0.2) is 84.0 Å².